The van der Waals surface area contributed by atoms with Gasteiger partial charge in [0.25, 0.3) is 0 Å². The molecule has 1 saturated carbocycles. The van der Waals surface area contributed by atoms with Gasteiger partial charge in [-0.2, -0.15) is 0 Å². The minimum absolute atomic E-state index is 0.392. The first-order valence-corrected chi connectivity index (χ1v) is 7.17. The summed E-state index contributed by atoms with van der Waals surface area (Å²) in [7, 11) is 0. The smallest absolute Gasteiger partial charge is 0.321 e. The molecule has 4 nitrogen and oxygen atoms in total. The third-order valence-corrected chi connectivity index (χ3v) is 4.42. The van der Waals surface area contributed by atoms with Crippen molar-refractivity contribution in [2.24, 2.45) is 0 Å². The molecule has 0 amide bonds. The van der Waals surface area contributed by atoms with Gasteiger partial charge in [-0.1, -0.05) is 0 Å². The fraction of sp³-hybridized carbons (Fsp3) is 0.455. The zero-order valence-corrected chi connectivity index (χ0v) is 11.5. The number of aromatic nitrogens is 1. The predicted octanol–water partition coefficient (Wildman–Crippen LogP) is 2.14. The van der Waals surface area contributed by atoms with Gasteiger partial charge in [-0.15, -0.1) is 11.8 Å². The summed E-state index contributed by atoms with van der Waals surface area (Å²) in [5.74, 6) is -0.307. The van der Waals surface area contributed by atoms with Crippen molar-refractivity contribution in [3.8, 4) is 0 Å². The van der Waals surface area contributed by atoms with Crippen molar-refractivity contribution in [1.29, 1.82) is 0 Å². The summed E-state index contributed by atoms with van der Waals surface area (Å²) in [4.78, 5) is 15.3. The molecular weight excluding hydrogens is 304 g/mol. The Morgan fingerprint density at radius 3 is 3.06 bits per heavy atom. The number of nitrogens with zero attached hydrogens (tertiary/aromatic N) is 1. The number of carbonyl (C=O) groups is 1. The van der Waals surface area contributed by atoms with E-state index in [0.717, 1.165) is 22.3 Å². The molecule has 92 valence electrons. The van der Waals surface area contributed by atoms with E-state index in [9.17, 15) is 4.79 Å². The lowest BCUT2D eigenvalue weighted by Crippen LogP contribution is -2.40. The Labute approximate surface area is 112 Å². The molecule has 2 N–H and O–H groups in total. The Kier molecular flexibility index (Phi) is 4.42. The van der Waals surface area contributed by atoms with E-state index in [1.165, 1.54) is 11.8 Å². The highest BCUT2D eigenvalue weighted by atomic mass is 79.9. The van der Waals surface area contributed by atoms with Crippen molar-refractivity contribution in [2.45, 2.75) is 30.0 Å². The Morgan fingerprint density at radius 2 is 2.47 bits per heavy atom. The van der Waals surface area contributed by atoms with Crippen molar-refractivity contribution in [1.82, 2.24) is 10.3 Å². The standard InChI is InChI=1S/C11H13BrN2O2S/c12-8-2-1-5-13-10(8)17-6-9(11(15)16)14-7-3-4-7/h1-2,5,7,9,14H,3-4,6H2,(H,15,16). The zero-order chi connectivity index (χ0) is 12.3. The Hall–Kier alpha value is -0.590. The number of halogens is 1. The van der Waals surface area contributed by atoms with Crippen molar-refractivity contribution in [3.05, 3.63) is 22.8 Å². The molecule has 1 heterocycles. The molecular formula is C11H13BrN2O2S. The minimum Gasteiger partial charge on any atom is -0.480 e. The summed E-state index contributed by atoms with van der Waals surface area (Å²) in [6.45, 7) is 0. The summed E-state index contributed by atoms with van der Waals surface area (Å²) in [5, 5.41) is 13.0. The highest BCUT2D eigenvalue weighted by Gasteiger charge is 2.28. The van der Waals surface area contributed by atoms with E-state index < -0.39 is 12.0 Å². The zero-order valence-electron chi connectivity index (χ0n) is 9.10. The van der Waals surface area contributed by atoms with Crippen molar-refractivity contribution < 1.29 is 9.90 Å². The van der Waals surface area contributed by atoms with Gasteiger partial charge in [-0.3, -0.25) is 4.79 Å². The van der Waals surface area contributed by atoms with Crippen LogP contribution >= 0.6 is 27.7 Å². The van der Waals surface area contributed by atoms with E-state index in [0.29, 0.717) is 11.8 Å². The Bertz CT molecular complexity index is 412. The monoisotopic (exact) mass is 316 g/mol. The molecule has 1 aliphatic rings. The number of pyridine rings is 1. The molecule has 1 unspecified atom stereocenters. The first-order valence-electron chi connectivity index (χ1n) is 5.39. The van der Waals surface area contributed by atoms with Crippen LogP contribution in [-0.2, 0) is 4.79 Å². The number of nitrogens with one attached hydrogen (secondary N) is 1. The van der Waals surface area contributed by atoms with E-state index in [2.05, 4.69) is 26.2 Å². The highest BCUT2D eigenvalue weighted by molar-refractivity contribution is 9.10. The van der Waals surface area contributed by atoms with Crippen LogP contribution in [-0.4, -0.2) is 33.9 Å². The molecule has 17 heavy (non-hydrogen) atoms. The van der Waals surface area contributed by atoms with E-state index in [4.69, 9.17) is 5.11 Å². The lowest BCUT2D eigenvalue weighted by molar-refractivity contribution is -0.138. The maximum absolute atomic E-state index is 11.1. The average molecular weight is 317 g/mol. The number of carboxylic acids is 1. The van der Waals surface area contributed by atoms with Crippen LogP contribution in [0.3, 0.4) is 0 Å². The van der Waals surface area contributed by atoms with Gasteiger partial charge >= 0.3 is 5.97 Å². The molecule has 0 radical (unpaired) electrons. The van der Waals surface area contributed by atoms with Gasteiger partial charge in [0.05, 0.1) is 0 Å². The molecule has 1 aromatic heterocycles. The van der Waals surface area contributed by atoms with Crippen molar-refractivity contribution in [3.63, 3.8) is 0 Å². The fourth-order valence-electron chi connectivity index (χ4n) is 1.36. The summed E-state index contributed by atoms with van der Waals surface area (Å²) in [6.07, 6.45) is 3.88. The Balaban J connectivity index is 1.90. The highest BCUT2D eigenvalue weighted by Crippen LogP contribution is 2.26. The molecule has 6 heteroatoms. The molecule has 0 saturated heterocycles. The number of carboxylic acid groups (broad SMARTS) is 1. The van der Waals surface area contributed by atoms with Crippen LogP contribution in [0.4, 0.5) is 0 Å². The summed E-state index contributed by atoms with van der Waals surface area (Å²) in [5.41, 5.74) is 0. The minimum atomic E-state index is -0.795. The summed E-state index contributed by atoms with van der Waals surface area (Å²) < 4.78 is 0.903. The largest absolute Gasteiger partial charge is 0.480 e. The van der Waals surface area contributed by atoms with Gasteiger partial charge in [0, 0.05) is 22.5 Å². The fourth-order valence-corrected chi connectivity index (χ4v) is 2.87. The summed E-state index contributed by atoms with van der Waals surface area (Å²) in [6, 6.07) is 3.63. The molecule has 1 fully saturated rings. The third kappa shape index (κ3) is 3.97. The number of hydrogen-bond donors (Lipinski definition) is 2. The van der Waals surface area contributed by atoms with Crippen LogP contribution in [0.15, 0.2) is 27.8 Å². The molecule has 0 bridgehead atoms. The second-order valence-electron chi connectivity index (χ2n) is 3.93. The quantitative estimate of drug-likeness (QED) is 0.787. The van der Waals surface area contributed by atoms with Crippen molar-refractivity contribution in [2.75, 3.05) is 5.75 Å². The van der Waals surface area contributed by atoms with Crippen LogP contribution in [0.5, 0.6) is 0 Å². The van der Waals surface area contributed by atoms with Gasteiger partial charge in [-0.25, -0.2) is 4.98 Å². The molecule has 1 aliphatic carbocycles. The average Bonchev–Trinajstić information content (AvgIpc) is 3.09. The molecule has 0 aliphatic heterocycles. The number of thioether (sulfide) groups is 1. The van der Waals surface area contributed by atoms with E-state index in [1.807, 2.05) is 12.1 Å². The predicted molar refractivity (Wildman–Crippen MR) is 70.2 cm³/mol. The van der Waals surface area contributed by atoms with Crippen LogP contribution in [0.1, 0.15) is 12.8 Å². The molecule has 1 aromatic rings. The van der Waals surface area contributed by atoms with Crippen molar-refractivity contribution >= 4 is 33.7 Å². The second-order valence-corrected chi connectivity index (χ2v) is 5.80. The van der Waals surface area contributed by atoms with Crippen LogP contribution in [0.25, 0.3) is 0 Å². The topological polar surface area (TPSA) is 62.2 Å². The normalized spacial score (nSPS) is 16.8. The van der Waals surface area contributed by atoms with Gasteiger partial charge in [-0.05, 0) is 40.9 Å². The van der Waals surface area contributed by atoms with Gasteiger partial charge in [0.15, 0.2) is 0 Å². The van der Waals surface area contributed by atoms with Crippen LogP contribution in [0, 0.1) is 0 Å². The second kappa shape index (κ2) is 5.84. The molecule has 0 spiro atoms. The first-order chi connectivity index (χ1) is 8.16. The van der Waals surface area contributed by atoms with E-state index in [1.54, 1.807) is 6.20 Å². The van der Waals surface area contributed by atoms with Gasteiger partial charge < -0.3 is 10.4 Å². The van der Waals surface area contributed by atoms with Crippen LogP contribution < -0.4 is 5.32 Å². The van der Waals surface area contributed by atoms with Gasteiger partial charge in [0.1, 0.15) is 11.1 Å². The number of aliphatic carboxylic acids is 1. The Morgan fingerprint density at radius 1 is 1.71 bits per heavy atom. The summed E-state index contributed by atoms with van der Waals surface area (Å²) >= 11 is 4.85. The maximum Gasteiger partial charge on any atom is 0.321 e. The lowest BCUT2D eigenvalue weighted by atomic mass is 10.3. The maximum atomic E-state index is 11.1. The first kappa shape index (κ1) is 12.9. The van der Waals surface area contributed by atoms with E-state index >= 15 is 0 Å². The van der Waals surface area contributed by atoms with Crippen LogP contribution in [0.2, 0.25) is 0 Å². The molecule has 0 aromatic carbocycles. The molecule has 2 rings (SSSR count). The van der Waals surface area contributed by atoms with Gasteiger partial charge in [0.2, 0.25) is 0 Å². The molecule has 1 atom stereocenters. The number of hydrogen-bond acceptors (Lipinski definition) is 4. The lowest BCUT2D eigenvalue weighted by Gasteiger charge is -2.13. The SMILES string of the molecule is O=C(O)C(CSc1ncccc1Br)NC1CC1. The third-order valence-electron chi connectivity index (χ3n) is 2.42. The number of rotatable bonds is 6. The van der Waals surface area contributed by atoms with E-state index in [-0.39, 0.29) is 0 Å².